The van der Waals surface area contributed by atoms with Gasteiger partial charge in [0.1, 0.15) is 6.04 Å². The Morgan fingerprint density at radius 1 is 0.844 bits per heavy atom. The van der Waals surface area contributed by atoms with Gasteiger partial charge in [0, 0.05) is 6.42 Å². The van der Waals surface area contributed by atoms with Crippen molar-refractivity contribution < 1.29 is 14.3 Å². The molecule has 1 aliphatic carbocycles. The first kappa shape index (κ1) is 21.8. The summed E-state index contributed by atoms with van der Waals surface area (Å²) in [5.74, 6) is -0.0610. The van der Waals surface area contributed by atoms with Crippen LogP contribution >= 0.6 is 0 Å². The Morgan fingerprint density at radius 3 is 1.66 bits per heavy atom. The highest BCUT2D eigenvalue weighted by Gasteiger charge is 2.39. The third-order valence-corrected chi connectivity index (χ3v) is 6.31. The number of amides is 1. The highest BCUT2D eigenvalue weighted by molar-refractivity contribution is 5.86. The topological polar surface area (TPSA) is 55.4 Å². The second-order valence-electron chi connectivity index (χ2n) is 8.50. The number of rotatable bonds is 9. The molecule has 0 radical (unpaired) electrons. The van der Waals surface area contributed by atoms with Crippen molar-refractivity contribution in [1.82, 2.24) is 5.32 Å². The van der Waals surface area contributed by atoms with E-state index in [1.165, 1.54) is 7.11 Å². The van der Waals surface area contributed by atoms with Gasteiger partial charge in [-0.2, -0.15) is 0 Å². The van der Waals surface area contributed by atoms with E-state index in [2.05, 4.69) is 41.7 Å². The predicted molar refractivity (Wildman–Crippen MR) is 125 cm³/mol. The van der Waals surface area contributed by atoms with Crippen LogP contribution in [0.4, 0.5) is 0 Å². The molecule has 3 aromatic rings. The minimum Gasteiger partial charge on any atom is -0.467 e. The molecule has 1 amide bonds. The van der Waals surface area contributed by atoms with Crippen LogP contribution in [0.25, 0.3) is 0 Å². The summed E-state index contributed by atoms with van der Waals surface area (Å²) in [6.07, 6.45) is 3.02. The summed E-state index contributed by atoms with van der Waals surface area (Å²) in [5.41, 5.74) is 2.41. The molecular formula is C28H29NO3. The molecule has 0 aromatic heterocycles. The lowest BCUT2D eigenvalue weighted by Gasteiger charge is -2.36. The molecule has 32 heavy (non-hydrogen) atoms. The molecular weight excluding hydrogens is 398 g/mol. The molecule has 4 nitrogen and oxygen atoms in total. The van der Waals surface area contributed by atoms with Gasteiger partial charge in [-0.25, -0.2) is 4.79 Å². The van der Waals surface area contributed by atoms with E-state index in [4.69, 9.17) is 4.74 Å². The van der Waals surface area contributed by atoms with E-state index >= 15 is 0 Å². The largest absolute Gasteiger partial charge is 0.467 e. The Labute approximate surface area is 189 Å². The number of carbonyl (C=O) groups is 2. The Balaban J connectivity index is 1.75. The summed E-state index contributed by atoms with van der Waals surface area (Å²) >= 11 is 0. The summed E-state index contributed by atoms with van der Waals surface area (Å²) < 4.78 is 4.97. The van der Waals surface area contributed by atoms with Crippen molar-refractivity contribution in [3.05, 3.63) is 108 Å². The number of nitrogens with one attached hydrogen (secondary N) is 1. The molecule has 0 saturated heterocycles. The maximum Gasteiger partial charge on any atom is 0.328 e. The predicted octanol–water partition coefficient (Wildman–Crippen LogP) is 4.87. The van der Waals surface area contributed by atoms with Crippen molar-refractivity contribution in [3.8, 4) is 0 Å². The molecule has 0 aliphatic heterocycles. The second-order valence-corrected chi connectivity index (χ2v) is 8.50. The molecule has 4 rings (SSSR count). The fourth-order valence-electron chi connectivity index (χ4n) is 4.50. The Kier molecular flexibility index (Phi) is 6.69. The Bertz CT molecular complexity index is 933. The van der Waals surface area contributed by atoms with Crippen LogP contribution in [-0.4, -0.2) is 25.0 Å². The molecule has 1 atom stereocenters. The first-order valence-corrected chi connectivity index (χ1v) is 11.2. The Morgan fingerprint density at radius 2 is 1.28 bits per heavy atom. The molecule has 1 N–H and O–H groups in total. The van der Waals surface area contributed by atoms with Crippen LogP contribution < -0.4 is 5.32 Å². The summed E-state index contributed by atoms with van der Waals surface area (Å²) in [6.45, 7) is 0. The van der Waals surface area contributed by atoms with E-state index < -0.39 is 11.5 Å². The van der Waals surface area contributed by atoms with E-state index in [-0.39, 0.29) is 18.3 Å². The van der Waals surface area contributed by atoms with Gasteiger partial charge >= 0.3 is 5.97 Å². The molecule has 1 fully saturated rings. The number of benzene rings is 3. The van der Waals surface area contributed by atoms with E-state index in [9.17, 15) is 9.59 Å². The highest BCUT2D eigenvalue weighted by atomic mass is 16.5. The summed E-state index contributed by atoms with van der Waals surface area (Å²) in [6, 6.07) is 29.7. The third-order valence-electron chi connectivity index (χ3n) is 6.31. The van der Waals surface area contributed by atoms with E-state index in [1.54, 1.807) is 0 Å². The fraction of sp³-hybridized carbons (Fsp3) is 0.286. The quantitative estimate of drug-likeness (QED) is 0.392. The van der Waals surface area contributed by atoms with Gasteiger partial charge in [0.05, 0.1) is 12.5 Å². The van der Waals surface area contributed by atoms with Gasteiger partial charge in [0.2, 0.25) is 5.91 Å². The minimum absolute atomic E-state index is 0.169. The standard InChI is InChI=1S/C28H29NO3/c1-32-27(31)25(19-21-17-18-21)29-26(30)20-28(22-11-5-2-6-12-22,23-13-7-3-8-14-23)24-15-9-4-10-16-24/h2-16,21,25H,17-20H2,1H3,(H,29,30)/t25-/m0/s1. The number of methoxy groups -OCH3 is 1. The van der Waals surface area contributed by atoms with Crippen LogP contribution in [0.3, 0.4) is 0 Å². The smallest absolute Gasteiger partial charge is 0.328 e. The zero-order chi connectivity index (χ0) is 22.4. The molecule has 0 unspecified atom stereocenters. The van der Waals surface area contributed by atoms with E-state index in [0.29, 0.717) is 12.3 Å². The van der Waals surface area contributed by atoms with Crippen molar-refractivity contribution in [2.45, 2.75) is 37.1 Å². The maximum absolute atomic E-state index is 13.5. The first-order valence-electron chi connectivity index (χ1n) is 11.2. The second kappa shape index (κ2) is 9.82. The average molecular weight is 428 g/mol. The molecule has 0 bridgehead atoms. The van der Waals surface area contributed by atoms with Crippen LogP contribution in [0.5, 0.6) is 0 Å². The van der Waals surface area contributed by atoms with Crippen LogP contribution in [-0.2, 0) is 19.7 Å². The molecule has 1 saturated carbocycles. The van der Waals surface area contributed by atoms with Crippen molar-refractivity contribution >= 4 is 11.9 Å². The van der Waals surface area contributed by atoms with Gasteiger partial charge in [-0.3, -0.25) is 4.79 Å². The van der Waals surface area contributed by atoms with Crippen molar-refractivity contribution in [2.24, 2.45) is 5.92 Å². The third kappa shape index (κ3) is 4.75. The average Bonchev–Trinajstić information content (AvgIpc) is 3.67. The van der Waals surface area contributed by atoms with Crippen molar-refractivity contribution in [1.29, 1.82) is 0 Å². The summed E-state index contributed by atoms with van der Waals surface area (Å²) in [5, 5.41) is 2.99. The highest BCUT2D eigenvalue weighted by Crippen LogP contribution is 2.42. The summed E-state index contributed by atoms with van der Waals surface area (Å²) in [4.78, 5) is 25.8. The molecule has 0 spiro atoms. The van der Waals surface area contributed by atoms with E-state index in [1.807, 2.05) is 54.6 Å². The van der Waals surface area contributed by atoms with Crippen LogP contribution in [0.15, 0.2) is 91.0 Å². The molecule has 4 heteroatoms. The van der Waals surface area contributed by atoms with Gasteiger partial charge < -0.3 is 10.1 Å². The molecule has 3 aromatic carbocycles. The SMILES string of the molecule is COC(=O)[C@H](CC1CC1)NC(=O)CC(c1ccccc1)(c1ccccc1)c1ccccc1. The zero-order valence-electron chi connectivity index (χ0n) is 18.4. The van der Waals surface area contributed by atoms with Crippen LogP contribution in [0, 0.1) is 5.92 Å². The van der Waals surface area contributed by atoms with Crippen molar-refractivity contribution in [2.75, 3.05) is 7.11 Å². The van der Waals surface area contributed by atoms with Gasteiger partial charge in [0.25, 0.3) is 0 Å². The minimum atomic E-state index is -0.686. The number of hydrogen-bond acceptors (Lipinski definition) is 3. The monoisotopic (exact) mass is 427 g/mol. The van der Waals surface area contributed by atoms with Crippen LogP contribution in [0.1, 0.15) is 42.4 Å². The lowest BCUT2D eigenvalue weighted by atomic mass is 9.67. The molecule has 0 heterocycles. The van der Waals surface area contributed by atoms with Gasteiger partial charge in [-0.05, 0) is 29.0 Å². The fourth-order valence-corrected chi connectivity index (χ4v) is 4.50. The van der Waals surface area contributed by atoms with Gasteiger partial charge in [0.15, 0.2) is 0 Å². The zero-order valence-corrected chi connectivity index (χ0v) is 18.4. The number of carbonyl (C=O) groups excluding carboxylic acids is 2. The Hall–Kier alpha value is -3.40. The van der Waals surface area contributed by atoms with Crippen LogP contribution in [0.2, 0.25) is 0 Å². The van der Waals surface area contributed by atoms with Gasteiger partial charge in [-0.1, -0.05) is 104 Å². The number of hydrogen-bond donors (Lipinski definition) is 1. The number of ether oxygens (including phenoxy) is 1. The van der Waals surface area contributed by atoms with Crippen molar-refractivity contribution in [3.63, 3.8) is 0 Å². The first-order chi connectivity index (χ1) is 15.6. The molecule has 164 valence electrons. The maximum atomic E-state index is 13.5. The number of esters is 1. The molecule has 1 aliphatic rings. The lowest BCUT2D eigenvalue weighted by molar-refractivity contribution is -0.145. The summed E-state index contributed by atoms with van der Waals surface area (Å²) in [7, 11) is 1.37. The van der Waals surface area contributed by atoms with E-state index in [0.717, 1.165) is 29.5 Å². The van der Waals surface area contributed by atoms with Gasteiger partial charge in [-0.15, -0.1) is 0 Å². The lowest BCUT2D eigenvalue weighted by Crippen LogP contribution is -2.45. The normalized spacial score (nSPS) is 14.4.